The topological polar surface area (TPSA) is 142 Å². The number of aromatic nitrogens is 4. The first-order chi connectivity index (χ1) is 18.6. The van der Waals surface area contributed by atoms with Crippen LogP contribution in [0.2, 0.25) is 0 Å². The first-order valence-corrected chi connectivity index (χ1v) is 15.0. The molecule has 39 heavy (non-hydrogen) atoms. The van der Waals surface area contributed by atoms with Crippen LogP contribution in [0.4, 0.5) is 0 Å². The number of hydrogen-bond acceptors (Lipinski definition) is 8. The molecule has 0 radical (unpaired) electrons. The van der Waals surface area contributed by atoms with E-state index in [9.17, 15) is 18.4 Å². The average Bonchev–Trinajstić information content (AvgIpc) is 3.23. The van der Waals surface area contributed by atoms with Crippen LogP contribution >= 0.6 is 0 Å². The lowest BCUT2D eigenvalue weighted by Gasteiger charge is -2.45. The van der Waals surface area contributed by atoms with Gasteiger partial charge in [0.15, 0.2) is 5.52 Å². The molecule has 13 heteroatoms. The van der Waals surface area contributed by atoms with Crippen LogP contribution in [0.5, 0.6) is 5.75 Å². The molecule has 2 aromatic heterocycles. The minimum absolute atomic E-state index is 0.0327. The van der Waals surface area contributed by atoms with E-state index in [2.05, 4.69) is 10.1 Å². The Labute approximate surface area is 228 Å². The van der Waals surface area contributed by atoms with Gasteiger partial charge in [-0.15, -0.1) is 0 Å². The molecule has 3 heterocycles. The van der Waals surface area contributed by atoms with Gasteiger partial charge in [-0.3, -0.25) is 9.48 Å². The van der Waals surface area contributed by atoms with Gasteiger partial charge in [0.1, 0.15) is 30.2 Å². The standard InChI is InChI=1S/C26H38N6O6S/c1-5-8-21-23-24(30(4)29-21)26(33)28-25(27-23)20-18-19(9-10-22(20)38-15-6-2)39(35,36)31(7-3)11-12-32(34)13-16-37-17-14-32/h9-10,18H,5-8,11-17H2,1-4H3,(H,27,28,33). The number of likely N-dealkylation sites (N-methyl/N-ethyl adjacent to an activating group) is 1. The van der Waals surface area contributed by atoms with Gasteiger partial charge in [-0.2, -0.15) is 9.40 Å². The third-order valence-corrected chi connectivity index (χ3v) is 8.92. The summed E-state index contributed by atoms with van der Waals surface area (Å²) in [5.74, 6) is 0.626. The number of hydroxylamine groups is 3. The van der Waals surface area contributed by atoms with E-state index < -0.39 is 14.7 Å². The van der Waals surface area contributed by atoms with E-state index in [4.69, 9.17) is 14.5 Å². The van der Waals surface area contributed by atoms with Crippen LogP contribution in [0, 0.1) is 5.21 Å². The Morgan fingerprint density at radius 3 is 2.62 bits per heavy atom. The molecule has 0 atom stereocenters. The predicted octanol–water partition coefficient (Wildman–Crippen LogP) is 2.42. The Hall–Kier alpha value is -2.84. The number of aromatic amines is 1. The van der Waals surface area contributed by atoms with Crippen molar-refractivity contribution < 1.29 is 22.5 Å². The molecular formula is C26H38N6O6S. The summed E-state index contributed by atoms with van der Waals surface area (Å²) in [5, 5.41) is 17.4. The normalized spacial score (nSPS) is 15.7. The Bertz CT molecular complexity index is 1460. The van der Waals surface area contributed by atoms with Crippen LogP contribution in [0.15, 0.2) is 27.9 Å². The fourth-order valence-corrected chi connectivity index (χ4v) is 6.23. The number of aryl methyl sites for hydroxylation is 2. The molecule has 0 saturated carbocycles. The second-order valence-electron chi connectivity index (χ2n) is 9.78. The number of quaternary nitrogens is 1. The van der Waals surface area contributed by atoms with Crippen LogP contribution in [0.1, 0.15) is 39.3 Å². The first-order valence-electron chi connectivity index (χ1n) is 13.5. The van der Waals surface area contributed by atoms with Crippen molar-refractivity contribution in [3.8, 4) is 17.1 Å². The number of nitrogens with one attached hydrogen (secondary N) is 1. The minimum atomic E-state index is -3.95. The summed E-state index contributed by atoms with van der Waals surface area (Å²) in [7, 11) is -2.25. The van der Waals surface area contributed by atoms with E-state index in [1.807, 2.05) is 13.8 Å². The molecule has 0 unspecified atom stereocenters. The molecule has 3 aromatic rings. The molecular weight excluding hydrogens is 524 g/mol. The molecule has 1 aliphatic rings. The molecule has 214 valence electrons. The zero-order chi connectivity index (χ0) is 28.2. The van der Waals surface area contributed by atoms with Crippen molar-refractivity contribution in [3.05, 3.63) is 39.5 Å². The van der Waals surface area contributed by atoms with E-state index in [1.54, 1.807) is 20.0 Å². The van der Waals surface area contributed by atoms with Crippen LogP contribution in [-0.2, 0) is 28.2 Å². The highest BCUT2D eigenvalue weighted by molar-refractivity contribution is 7.89. The largest absolute Gasteiger partial charge is 0.633 e. The van der Waals surface area contributed by atoms with Crippen LogP contribution in [0.25, 0.3) is 22.4 Å². The zero-order valence-corrected chi connectivity index (χ0v) is 23.9. The quantitative estimate of drug-likeness (QED) is 0.262. The number of fused-ring (bicyclic) bond motifs is 1. The second kappa shape index (κ2) is 12.1. The third-order valence-electron chi connectivity index (χ3n) is 6.95. The van der Waals surface area contributed by atoms with E-state index in [0.717, 1.165) is 12.8 Å². The van der Waals surface area contributed by atoms with Crippen LogP contribution in [0.3, 0.4) is 0 Å². The lowest BCUT2D eigenvalue weighted by atomic mass is 10.1. The van der Waals surface area contributed by atoms with Gasteiger partial charge in [0.05, 0.1) is 49.1 Å². The van der Waals surface area contributed by atoms with E-state index in [1.165, 1.54) is 21.1 Å². The summed E-state index contributed by atoms with van der Waals surface area (Å²) < 4.78 is 41.0. The monoisotopic (exact) mass is 562 g/mol. The summed E-state index contributed by atoms with van der Waals surface area (Å²) in [6, 6.07) is 4.57. The molecule has 1 aliphatic heterocycles. The van der Waals surface area contributed by atoms with E-state index >= 15 is 0 Å². The molecule has 0 bridgehead atoms. The van der Waals surface area contributed by atoms with Gasteiger partial charge < -0.3 is 24.3 Å². The third kappa shape index (κ3) is 6.17. The molecule has 0 spiro atoms. The summed E-state index contributed by atoms with van der Waals surface area (Å²) in [5.41, 5.74) is 1.55. The number of rotatable bonds is 12. The molecule has 1 saturated heterocycles. The van der Waals surface area contributed by atoms with Crippen molar-refractivity contribution in [2.45, 2.75) is 44.9 Å². The van der Waals surface area contributed by atoms with Gasteiger partial charge in [-0.05, 0) is 31.0 Å². The van der Waals surface area contributed by atoms with Gasteiger partial charge in [0.25, 0.3) is 5.56 Å². The lowest BCUT2D eigenvalue weighted by molar-refractivity contribution is -0.887. The maximum atomic E-state index is 13.7. The minimum Gasteiger partial charge on any atom is -0.633 e. The summed E-state index contributed by atoms with van der Waals surface area (Å²) in [4.78, 5) is 20.6. The predicted molar refractivity (Wildman–Crippen MR) is 148 cm³/mol. The lowest BCUT2D eigenvalue weighted by Crippen LogP contribution is -2.54. The number of nitrogens with zero attached hydrogens (tertiary/aromatic N) is 5. The van der Waals surface area contributed by atoms with Gasteiger partial charge in [0.2, 0.25) is 10.0 Å². The number of sulfonamides is 1. The van der Waals surface area contributed by atoms with Gasteiger partial charge in [-0.1, -0.05) is 27.2 Å². The second-order valence-corrected chi connectivity index (χ2v) is 11.7. The molecule has 0 aliphatic carbocycles. The Morgan fingerprint density at radius 2 is 1.95 bits per heavy atom. The van der Waals surface area contributed by atoms with Gasteiger partial charge >= 0.3 is 0 Å². The van der Waals surface area contributed by atoms with Crippen molar-refractivity contribution in [3.63, 3.8) is 0 Å². The van der Waals surface area contributed by atoms with Crippen molar-refractivity contribution >= 4 is 21.1 Å². The van der Waals surface area contributed by atoms with Crippen molar-refractivity contribution in [1.29, 1.82) is 0 Å². The maximum Gasteiger partial charge on any atom is 0.277 e. The summed E-state index contributed by atoms with van der Waals surface area (Å²) >= 11 is 0. The summed E-state index contributed by atoms with van der Waals surface area (Å²) in [6.45, 7) is 7.95. The van der Waals surface area contributed by atoms with Gasteiger partial charge in [0, 0.05) is 13.6 Å². The Morgan fingerprint density at radius 1 is 1.21 bits per heavy atom. The number of ether oxygens (including phenoxy) is 2. The number of morpholine rings is 1. The molecule has 12 nitrogen and oxygen atoms in total. The maximum absolute atomic E-state index is 13.7. The highest BCUT2D eigenvalue weighted by Crippen LogP contribution is 2.32. The Balaban J connectivity index is 1.75. The average molecular weight is 563 g/mol. The SMILES string of the molecule is CCCOc1ccc(S(=O)(=O)N(CC)CC[N+]2([O-])CCOCC2)cc1-c1nc2c(CCC)nn(C)c2c(=O)[nH]1. The number of H-pyrrole nitrogens is 1. The van der Waals surface area contributed by atoms with Crippen molar-refractivity contribution in [1.82, 2.24) is 24.1 Å². The fraction of sp³-hybridized carbons (Fsp3) is 0.577. The molecule has 1 fully saturated rings. The van der Waals surface area contributed by atoms with Crippen LogP contribution in [-0.4, -0.2) is 89.7 Å². The summed E-state index contributed by atoms with van der Waals surface area (Å²) in [6.07, 6.45) is 2.23. The fourth-order valence-electron chi connectivity index (χ4n) is 4.76. The highest BCUT2D eigenvalue weighted by atomic mass is 32.2. The number of benzene rings is 1. The van der Waals surface area contributed by atoms with E-state index in [-0.39, 0.29) is 35.9 Å². The first kappa shape index (κ1) is 29.2. The highest BCUT2D eigenvalue weighted by Gasteiger charge is 2.29. The molecule has 1 N–H and O–H groups in total. The van der Waals surface area contributed by atoms with E-state index in [0.29, 0.717) is 67.4 Å². The van der Waals surface area contributed by atoms with Crippen molar-refractivity contribution in [2.75, 3.05) is 52.5 Å². The molecule has 4 rings (SSSR count). The number of hydrogen-bond donors (Lipinski definition) is 1. The Kier molecular flexibility index (Phi) is 9.07. The van der Waals surface area contributed by atoms with Gasteiger partial charge in [-0.25, -0.2) is 13.4 Å². The van der Waals surface area contributed by atoms with Crippen LogP contribution < -0.4 is 10.3 Å². The molecule has 0 amide bonds. The molecule has 1 aromatic carbocycles. The zero-order valence-electron chi connectivity index (χ0n) is 23.1. The van der Waals surface area contributed by atoms with Crippen molar-refractivity contribution in [2.24, 2.45) is 7.05 Å². The smallest absolute Gasteiger partial charge is 0.277 e.